The van der Waals surface area contributed by atoms with Crippen molar-refractivity contribution in [2.75, 3.05) is 12.7 Å². The largest absolute Gasteiger partial charge is 0.320 e. The topological polar surface area (TPSA) is 12.0 Å². The second-order valence-corrected chi connectivity index (χ2v) is 7.01. The average molecular weight is 300 g/mol. The van der Waals surface area contributed by atoms with Crippen LogP contribution in [0, 0.1) is 0 Å². The fraction of sp³-hybridized carbons (Fsp3) is 1.00. The zero-order valence-electron chi connectivity index (χ0n) is 14.5. The highest BCUT2D eigenvalue weighted by molar-refractivity contribution is 6.08. The van der Waals surface area contributed by atoms with Crippen LogP contribution < -0.4 is 5.32 Å². The zero-order valence-corrected chi connectivity index (χ0v) is 16.5. The fourth-order valence-electron chi connectivity index (χ4n) is 2.80. The van der Waals surface area contributed by atoms with E-state index in [1.165, 1.54) is 119 Å². The van der Waals surface area contributed by atoms with Gasteiger partial charge >= 0.3 is 0 Å². The first-order valence-electron chi connectivity index (χ1n) is 9.62. The number of hydrogen-bond acceptors (Lipinski definition) is 1. The third-order valence-electron chi connectivity index (χ3n) is 4.21. The molecule has 0 aliphatic heterocycles. The van der Waals surface area contributed by atoms with E-state index in [0.29, 0.717) is 0 Å². The first kappa shape index (κ1) is 20.2. The van der Waals surface area contributed by atoms with E-state index in [9.17, 15) is 0 Å². The van der Waals surface area contributed by atoms with E-state index >= 15 is 0 Å². The molecule has 0 aliphatic rings. The van der Waals surface area contributed by atoms with Gasteiger partial charge in [0.05, 0.1) is 0 Å². The van der Waals surface area contributed by atoms with Gasteiger partial charge in [-0.05, 0) is 19.1 Å². The second kappa shape index (κ2) is 19.2. The highest BCUT2D eigenvalue weighted by atomic mass is 28.1. The summed E-state index contributed by atoms with van der Waals surface area (Å²) in [6.07, 6.45) is 23.1. The van der Waals surface area contributed by atoms with Gasteiger partial charge in [0.25, 0.3) is 0 Å². The molecule has 0 fully saturated rings. The Morgan fingerprint density at radius 3 is 1.25 bits per heavy atom. The Morgan fingerprint density at radius 2 is 0.900 bits per heavy atom. The number of hydrogen-bond donors (Lipinski definition) is 1. The second-order valence-electron chi connectivity index (χ2n) is 6.30. The molecule has 0 aromatic rings. The van der Waals surface area contributed by atoms with Crippen LogP contribution in [0.5, 0.6) is 0 Å². The van der Waals surface area contributed by atoms with Gasteiger partial charge < -0.3 is 5.32 Å². The first-order chi connectivity index (χ1) is 9.91. The lowest BCUT2D eigenvalue weighted by molar-refractivity contribution is 0.530. The van der Waals surface area contributed by atoms with Crippen molar-refractivity contribution in [3.05, 3.63) is 0 Å². The molecular weight excluding hydrogens is 258 g/mol. The van der Waals surface area contributed by atoms with E-state index in [1.54, 1.807) is 0 Å². The van der Waals surface area contributed by atoms with E-state index in [-0.39, 0.29) is 0 Å². The van der Waals surface area contributed by atoms with Gasteiger partial charge in [0, 0.05) is 10.2 Å². The molecule has 0 amide bonds. The van der Waals surface area contributed by atoms with Gasteiger partial charge in [-0.15, -0.1) is 0 Å². The van der Waals surface area contributed by atoms with Gasteiger partial charge in [-0.3, -0.25) is 0 Å². The fourth-order valence-corrected chi connectivity index (χ4v) is 3.15. The normalized spacial score (nSPS) is 11.2. The van der Waals surface area contributed by atoms with Crippen LogP contribution in [-0.4, -0.2) is 23.0 Å². The Hall–Kier alpha value is 0.177. The van der Waals surface area contributed by atoms with Crippen molar-refractivity contribution in [3.63, 3.8) is 0 Å². The van der Waals surface area contributed by atoms with E-state index in [0.717, 1.165) is 0 Å². The number of unbranched alkanes of at least 4 members (excludes halogenated alkanes) is 14. The summed E-state index contributed by atoms with van der Waals surface area (Å²) in [5.74, 6) is 0. The minimum atomic E-state index is 1.25. The first-order valence-corrected chi connectivity index (χ1v) is 11.0. The Kier molecular flexibility index (Phi) is 19.3. The van der Waals surface area contributed by atoms with Crippen molar-refractivity contribution in [1.29, 1.82) is 0 Å². The molecule has 0 bridgehead atoms. The summed E-state index contributed by atoms with van der Waals surface area (Å²) in [6, 6.07) is 0. The van der Waals surface area contributed by atoms with Gasteiger partial charge in [0.1, 0.15) is 0 Å². The van der Waals surface area contributed by atoms with Gasteiger partial charge in [0.2, 0.25) is 0 Å². The van der Waals surface area contributed by atoms with Crippen LogP contribution in [0.1, 0.15) is 103 Å². The SMILES string of the molecule is CCCCCCCCCCCCCCCCCNC[SiH3]. The molecule has 122 valence electrons. The lowest BCUT2D eigenvalue weighted by Gasteiger charge is -2.03. The molecular formula is C18H41NSi. The third kappa shape index (κ3) is 18.2. The van der Waals surface area contributed by atoms with Crippen molar-refractivity contribution in [3.8, 4) is 0 Å². The molecule has 0 rings (SSSR count). The molecule has 1 nitrogen and oxygen atoms in total. The number of rotatable bonds is 17. The van der Waals surface area contributed by atoms with Crippen molar-refractivity contribution in [2.24, 2.45) is 0 Å². The van der Waals surface area contributed by atoms with Crippen LogP contribution in [0.4, 0.5) is 0 Å². The van der Waals surface area contributed by atoms with Crippen molar-refractivity contribution < 1.29 is 0 Å². The lowest BCUT2D eigenvalue weighted by atomic mass is 10.0. The van der Waals surface area contributed by atoms with Gasteiger partial charge in [-0.25, -0.2) is 0 Å². The van der Waals surface area contributed by atoms with Crippen LogP contribution in [0.3, 0.4) is 0 Å². The molecule has 0 radical (unpaired) electrons. The molecule has 1 N–H and O–H groups in total. The maximum absolute atomic E-state index is 3.46. The standard InChI is InChI=1S/C18H41NSi/c1-2-3-4-5-6-7-8-9-10-11-12-13-14-15-16-17-19-18-20/h19H,2-18H2,1,20H3. The predicted octanol–water partition coefficient (Wildman–Crippen LogP) is 4.77. The summed E-state index contributed by atoms with van der Waals surface area (Å²) in [5, 5.41) is 3.46. The predicted molar refractivity (Wildman–Crippen MR) is 97.7 cm³/mol. The summed E-state index contributed by atoms with van der Waals surface area (Å²) in [6.45, 7) is 3.55. The van der Waals surface area contributed by atoms with Crippen LogP contribution in [-0.2, 0) is 0 Å². The summed E-state index contributed by atoms with van der Waals surface area (Å²) >= 11 is 0. The van der Waals surface area contributed by atoms with E-state index < -0.39 is 0 Å². The Morgan fingerprint density at radius 1 is 0.550 bits per heavy atom. The van der Waals surface area contributed by atoms with Gasteiger partial charge in [-0.1, -0.05) is 96.8 Å². The Bertz CT molecular complexity index is 143. The zero-order chi connectivity index (χ0) is 14.7. The molecule has 2 heteroatoms. The highest BCUT2D eigenvalue weighted by Crippen LogP contribution is 2.13. The minimum Gasteiger partial charge on any atom is -0.320 e. The van der Waals surface area contributed by atoms with Gasteiger partial charge in [0.15, 0.2) is 0 Å². The molecule has 20 heavy (non-hydrogen) atoms. The van der Waals surface area contributed by atoms with Crippen LogP contribution in [0.25, 0.3) is 0 Å². The number of nitrogens with one attached hydrogen (secondary N) is 1. The summed E-state index contributed by atoms with van der Waals surface area (Å²) in [5.41, 5.74) is 0. The Balaban J connectivity index is 2.89. The Labute approximate surface area is 132 Å². The third-order valence-corrected chi connectivity index (χ3v) is 4.71. The van der Waals surface area contributed by atoms with E-state index in [1.807, 2.05) is 0 Å². The molecule has 0 atom stereocenters. The van der Waals surface area contributed by atoms with Crippen LogP contribution in [0.2, 0.25) is 0 Å². The monoisotopic (exact) mass is 299 g/mol. The van der Waals surface area contributed by atoms with Crippen molar-refractivity contribution >= 4 is 10.2 Å². The summed E-state index contributed by atoms with van der Waals surface area (Å²) < 4.78 is 0. The molecule has 0 spiro atoms. The smallest absolute Gasteiger partial charge is 0.0201 e. The van der Waals surface area contributed by atoms with Crippen molar-refractivity contribution in [2.45, 2.75) is 103 Å². The maximum atomic E-state index is 3.46. The molecule has 0 aliphatic carbocycles. The molecule has 0 aromatic carbocycles. The summed E-state index contributed by atoms with van der Waals surface area (Å²) in [4.78, 5) is 0. The van der Waals surface area contributed by atoms with Crippen LogP contribution >= 0.6 is 0 Å². The highest BCUT2D eigenvalue weighted by Gasteiger charge is 1.94. The van der Waals surface area contributed by atoms with E-state index in [2.05, 4.69) is 12.2 Å². The average Bonchev–Trinajstić information content (AvgIpc) is 2.47. The summed E-state index contributed by atoms with van der Waals surface area (Å²) in [7, 11) is 1.30. The molecule has 0 aromatic heterocycles. The van der Waals surface area contributed by atoms with E-state index in [4.69, 9.17) is 0 Å². The van der Waals surface area contributed by atoms with Gasteiger partial charge in [-0.2, -0.15) is 0 Å². The van der Waals surface area contributed by atoms with Crippen LogP contribution in [0.15, 0.2) is 0 Å². The molecule has 0 heterocycles. The molecule has 0 saturated carbocycles. The molecule has 0 saturated heterocycles. The maximum Gasteiger partial charge on any atom is 0.0201 e. The lowest BCUT2D eigenvalue weighted by Crippen LogP contribution is -2.16. The quantitative estimate of drug-likeness (QED) is 0.301. The minimum absolute atomic E-state index is 1.25. The molecule has 0 unspecified atom stereocenters. The van der Waals surface area contributed by atoms with Crippen molar-refractivity contribution in [1.82, 2.24) is 5.32 Å².